The first-order chi connectivity index (χ1) is 10.8. The van der Waals surface area contributed by atoms with Crippen LogP contribution >= 0.6 is 0 Å². The molecule has 1 heterocycles. The monoisotopic (exact) mass is 320 g/mol. The molecule has 0 bridgehead atoms. The highest BCUT2D eigenvalue weighted by Gasteiger charge is 2.34. The minimum Gasteiger partial charge on any atom is -0.480 e. The summed E-state index contributed by atoms with van der Waals surface area (Å²) in [5.74, 6) is -0.880. The van der Waals surface area contributed by atoms with Gasteiger partial charge in [0.25, 0.3) is 0 Å². The van der Waals surface area contributed by atoms with E-state index < -0.39 is 23.7 Å². The maximum absolute atomic E-state index is 11.8. The zero-order chi connectivity index (χ0) is 17.0. The average molecular weight is 320 g/mol. The van der Waals surface area contributed by atoms with Crippen LogP contribution < -0.4 is 5.32 Å². The summed E-state index contributed by atoms with van der Waals surface area (Å²) in [7, 11) is 0. The van der Waals surface area contributed by atoms with E-state index in [1.54, 1.807) is 0 Å². The van der Waals surface area contributed by atoms with E-state index in [1.165, 1.54) is 0 Å². The maximum atomic E-state index is 11.8. The van der Waals surface area contributed by atoms with Crippen LogP contribution in [0.5, 0.6) is 0 Å². The molecule has 2 rings (SSSR count). The smallest absolute Gasteiger partial charge is 0.407 e. The van der Waals surface area contributed by atoms with Crippen LogP contribution in [0.4, 0.5) is 4.79 Å². The molecule has 6 heteroatoms. The van der Waals surface area contributed by atoms with Gasteiger partial charge in [0, 0.05) is 19.1 Å². The highest BCUT2D eigenvalue weighted by atomic mass is 16.6. The van der Waals surface area contributed by atoms with Crippen molar-refractivity contribution in [2.45, 2.75) is 44.9 Å². The Balaban J connectivity index is 1.98. The van der Waals surface area contributed by atoms with E-state index in [0.717, 1.165) is 5.56 Å². The normalized spacial score (nSPS) is 20.0. The standard InChI is InChI=1S/C17H24N2O4/c1-17(2,3)23-16(22)18-13-9-10-19(11-13)14(15(20)21)12-7-5-4-6-8-12/h4-8,13-14H,9-11H2,1-3H3,(H,18,22)(H,20,21)/t13-,14-/m1/s1. The zero-order valence-corrected chi connectivity index (χ0v) is 13.8. The van der Waals surface area contributed by atoms with Crippen molar-refractivity contribution in [1.29, 1.82) is 0 Å². The third-order valence-corrected chi connectivity index (χ3v) is 3.65. The lowest BCUT2D eigenvalue weighted by Gasteiger charge is -2.25. The molecule has 0 radical (unpaired) electrons. The second-order valence-corrected chi connectivity index (χ2v) is 6.78. The summed E-state index contributed by atoms with van der Waals surface area (Å²) in [5, 5.41) is 12.4. The highest BCUT2D eigenvalue weighted by molar-refractivity contribution is 5.75. The fourth-order valence-corrected chi connectivity index (χ4v) is 2.76. The highest BCUT2D eigenvalue weighted by Crippen LogP contribution is 2.25. The Bertz CT molecular complexity index is 553. The number of nitrogens with one attached hydrogen (secondary N) is 1. The van der Waals surface area contributed by atoms with Crippen LogP contribution in [-0.2, 0) is 9.53 Å². The molecule has 1 fully saturated rings. The molecule has 1 aromatic rings. The van der Waals surface area contributed by atoms with E-state index in [4.69, 9.17) is 4.74 Å². The minimum absolute atomic E-state index is 0.101. The van der Waals surface area contributed by atoms with E-state index in [1.807, 2.05) is 56.0 Å². The Morgan fingerprint density at radius 2 is 1.96 bits per heavy atom. The number of benzene rings is 1. The molecule has 1 saturated heterocycles. The number of amides is 1. The van der Waals surface area contributed by atoms with E-state index in [9.17, 15) is 14.7 Å². The molecule has 2 atom stereocenters. The first-order valence-corrected chi connectivity index (χ1v) is 7.77. The molecule has 1 amide bonds. The number of likely N-dealkylation sites (tertiary alicyclic amines) is 1. The Hall–Kier alpha value is -2.08. The first kappa shape index (κ1) is 17.3. The summed E-state index contributed by atoms with van der Waals surface area (Å²) in [6.07, 6.45) is 0.242. The second kappa shape index (κ2) is 7.00. The van der Waals surface area contributed by atoms with Gasteiger partial charge < -0.3 is 15.2 Å². The quantitative estimate of drug-likeness (QED) is 0.890. The summed E-state index contributed by atoms with van der Waals surface area (Å²) in [4.78, 5) is 25.4. The van der Waals surface area contributed by atoms with Crippen LogP contribution in [-0.4, -0.2) is 46.8 Å². The van der Waals surface area contributed by atoms with Crippen LogP contribution in [0.25, 0.3) is 0 Å². The van der Waals surface area contributed by atoms with Gasteiger partial charge in [-0.2, -0.15) is 0 Å². The molecule has 126 valence electrons. The van der Waals surface area contributed by atoms with Crippen LogP contribution in [0, 0.1) is 0 Å². The Kier molecular flexibility index (Phi) is 5.26. The lowest BCUT2D eigenvalue weighted by molar-refractivity contribution is -0.143. The van der Waals surface area contributed by atoms with Gasteiger partial charge in [0.05, 0.1) is 0 Å². The first-order valence-electron chi connectivity index (χ1n) is 7.77. The molecule has 0 aromatic heterocycles. The van der Waals surface area contributed by atoms with Crippen molar-refractivity contribution in [3.63, 3.8) is 0 Å². The Morgan fingerprint density at radius 3 is 2.52 bits per heavy atom. The number of ether oxygens (including phenoxy) is 1. The van der Waals surface area contributed by atoms with E-state index in [-0.39, 0.29) is 6.04 Å². The molecule has 1 aliphatic heterocycles. The van der Waals surface area contributed by atoms with Gasteiger partial charge in [0.15, 0.2) is 0 Å². The number of aliphatic carboxylic acids is 1. The molecule has 6 nitrogen and oxygen atoms in total. The number of carboxylic acid groups (broad SMARTS) is 1. The van der Waals surface area contributed by atoms with Crippen molar-refractivity contribution in [3.05, 3.63) is 35.9 Å². The number of hydrogen-bond donors (Lipinski definition) is 2. The number of carbonyl (C=O) groups is 2. The molecule has 0 unspecified atom stereocenters. The molecule has 2 N–H and O–H groups in total. The topological polar surface area (TPSA) is 78.9 Å². The summed E-state index contributed by atoms with van der Waals surface area (Å²) >= 11 is 0. The van der Waals surface area contributed by atoms with Gasteiger partial charge in [0.1, 0.15) is 11.6 Å². The predicted molar refractivity (Wildman–Crippen MR) is 86.2 cm³/mol. The molecule has 0 spiro atoms. The summed E-state index contributed by atoms with van der Waals surface area (Å²) < 4.78 is 5.24. The van der Waals surface area contributed by atoms with Crippen molar-refractivity contribution < 1.29 is 19.4 Å². The van der Waals surface area contributed by atoms with Crippen LogP contribution in [0.15, 0.2) is 30.3 Å². The fraction of sp³-hybridized carbons (Fsp3) is 0.529. The van der Waals surface area contributed by atoms with Crippen molar-refractivity contribution in [1.82, 2.24) is 10.2 Å². The second-order valence-electron chi connectivity index (χ2n) is 6.78. The Morgan fingerprint density at radius 1 is 1.30 bits per heavy atom. The van der Waals surface area contributed by atoms with Crippen molar-refractivity contribution in [2.75, 3.05) is 13.1 Å². The molecule has 1 aliphatic rings. The number of carbonyl (C=O) groups excluding carboxylic acids is 1. The van der Waals surface area contributed by atoms with Gasteiger partial charge in [-0.1, -0.05) is 30.3 Å². The van der Waals surface area contributed by atoms with Crippen LogP contribution in [0.3, 0.4) is 0 Å². The number of hydrogen-bond acceptors (Lipinski definition) is 4. The van der Waals surface area contributed by atoms with Crippen molar-refractivity contribution >= 4 is 12.1 Å². The maximum Gasteiger partial charge on any atom is 0.407 e. The van der Waals surface area contributed by atoms with E-state index >= 15 is 0 Å². The third kappa shape index (κ3) is 4.96. The van der Waals surface area contributed by atoms with Gasteiger partial charge in [-0.15, -0.1) is 0 Å². The molecule has 0 aliphatic carbocycles. The van der Waals surface area contributed by atoms with Crippen LogP contribution in [0.2, 0.25) is 0 Å². The molecular weight excluding hydrogens is 296 g/mol. The van der Waals surface area contributed by atoms with Gasteiger partial charge in [-0.25, -0.2) is 4.79 Å². The molecule has 0 saturated carbocycles. The largest absolute Gasteiger partial charge is 0.480 e. The molecule has 1 aromatic carbocycles. The van der Waals surface area contributed by atoms with Gasteiger partial charge in [0.2, 0.25) is 0 Å². The lowest BCUT2D eigenvalue weighted by Crippen LogP contribution is -2.41. The minimum atomic E-state index is -0.880. The lowest BCUT2D eigenvalue weighted by atomic mass is 10.1. The number of carboxylic acids is 1. The van der Waals surface area contributed by atoms with Gasteiger partial charge in [-0.05, 0) is 32.8 Å². The van der Waals surface area contributed by atoms with E-state index in [0.29, 0.717) is 19.5 Å². The zero-order valence-electron chi connectivity index (χ0n) is 13.8. The van der Waals surface area contributed by atoms with E-state index in [2.05, 4.69) is 5.32 Å². The van der Waals surface area contributed by atoms with Gasteiger partial charge in [-0.3, -0.25) is 9.69 Å². The number of alkyl carbamates (subject to hydrolysis) is 1. The SMILES string of the molecule is CC(C)(C)OC(=O)N[C@@H]1CCN([C@@H](C(=O)O)c2ccccc2)C1. The van der Waals surface area contributed by atoms with Crippen molar-refractivity contribution in [2.24, 2.45) is 0 Å². The number of nitrogens with zero attached hydrogens (tertiary/aromatic N) is 1. The van der Waals surface area contributed by atoms with Gasteiger partial charge >= 0.3 is 12.1 Å². The average Bonchev–Trinajstić information content (AvgIpc) is 2.85. The van der Waals surface area contributed by atoms with Crippen LogP contribution in [0.1, 0.15) is 38.8 Å². The Labute approximate surface area is 136 Å². The predicted octanol–water partition coefficient (Wildman–Crippen LogP) is 2.41. The number of rotatable bonds is 4. The third-order valence-electron chi connectivity index (χ3n) is 3.65. The molecular formula is C17H24N2O4. The summed E-state index contributed by atoms with van der Waals surface area (Å²) in [5.41, 5.74) is 0.202. The fourth-order valence-electron chi connectivity index (χ4n) is 2.76. The molecule has 23 heavy (non-hydrogen) atoms. The summed E-state index contributed by atoms with van der Waals surface area (Å²) in [6, 6.07) is 8.35. The summed E-state index contributed by atoms with van der Waals surface area (Å²) in [6.45, 7) is 6.54. The van der Waals surface area contributed by atoms with Crippen molar-refractivity contribution in [3.8, 4) is 0 Å².